The minimum atomic E-state index is -0.912. The number of carbonyl (C=O) groups excluding carboxylic acids is 2. The Bertz CT molecular complexity index is 1280. The fraction of sp³-hybridized carbons (Fsp3) is 0.273. The Morgan fingerprint density at radius 2 is 2.03 bits per heavy atom. The number of hydrogen-bond acceptors (Lipinski definition) is 6. The van der Waals surface area contributed by atoms with E-state index < -0.39 is 16.9 Å². The topological polar surface area (TPSA) is 138 Å². The van der Waals surface area contributed by atoms with E-state index in [-0.39, 0.29) is 35.1 Å². The lowest BCUT2D eigenvalue weighted by Crippen LogP contribution is -2.47. The second-order valence-electron chi connectivity index (χ2n) is 7.44. The Kier molecular flexibility index (Phi) is 7.39. The van der Waals surface area contributed by atoms with E-state index in [9.17, 15) is 24.5 Å². The van der Waals surface area contributed by atoms with Crippen molar-refractivity contribution in [2.75, 3.05) is 6.54 Å². The summed E-state index contributed by atoms with van der Waals surface area (Å²) in [4.78, 5) is 56.9. The highest BCUT2D eigenvalue weighted by molar-refractivity contribution is 6.31. The van der Waals surface area contributed by atoms with Crippen LogP contribution >= 0.6 is 11.6 Å². The summed E-state index contributed by atoms with van der Waals surface area (Å²) >= 11 is 6.00. The van der Waals surface area contributed by atoms with Crippen LogP contribution in [-0.4, -0.2) is 44.2 Å². The van der Waals surface area contributed by atoms with Gasteiger partial charge in [0.15, 0.2) is 0 Å². The number of rotatable bonds is 8. The number of nitro groups is 1. The zero-order valence-electron chi connectivity index (χ0n) is 18.0. The highest BCUT2D eigenvalue weighted by Gasteiger charge is 2.24. The molecule has 3 rings (SSSR count). The van der Waals surface area contributed by atoms with E-state index in [4.69, 9.17) is 11.6 Å². The van der Waals surface area contributed by atoms with Gasteiger partial charge in [0.25, 0.3) is 17.2 Å². The molecule has 0 aliphatic heterocycles. The Morgan fingerprint density at radius 1 is 1.27 bits per heavy atom. The minimum Gasteiger partial charge on any atom is -0.341 e. The number of H-pyrrole nitrogens is 1. The van der Waals surface area contributed by atoms with Gasteiger partial charge in [0.05, 0.1) is 22.4 Å². The number of aromatic nitrogens is 2. The van der Waals surface area contributed by atoms with E-state index >= 15 is 0 Å². The first-order valence-corrected chi connectivity index (χ1v) is 10.6. The van der Waals surface area contributed by atoms with Gasteiger partial charge in [-0.05, 0) is 37.6 Å². The van der Waals surface area contributed by atoms with Gasteiger partial charge >= 0.3 is 0 Å². The number of amides is 2. The molecule has 0 saturated heterocycles. The average molecular weight is 472 g/mol. The highest BCUT2D eigenvalue weighted by Crippen LogP contribution is 2.16. The second-order valence-corrected chi connectivity index (χ2v) is 7.87. The summed E-state index contributed by atoms with van der Waals surface area (Å²) in [7, 11) is 0. The maximum absolute atomic E-state index is 13.0. The average Bonchev–Trinajstić information content (AvgIpc) is 2.78. The van der Waals surface area contributed by atoms with Crippen LogP contribution < -0.4 is 10.9 Å². The van der Waals surface area contributed by atoms with Gasteiger partial charge < -0.3 is 15.2 Å². The highest BCUT2D eigenvalue weighted by atomic mass is 35.5. The number of carbonyl (C=O) groups is 2. The normalized spacial score (nSPS) is 11.7. The van der Waals surface area contributed by atoms with Crippen LogP contribution in [0.25, 0.3) is 10.9 Å². The summed E-state index contributed by atoms with van der Waals surface area (Å²) in [6.45, 7) is 3.81. The fourth-order valence-electron chi connectivity index (χ4n) is 3.33. The van der Waals surface area contributed by atoms with Gasteiger partial charge in [0.2, 0.25) is 5.91 Å². The zero-order chi connectivity index (χ0) is 24.1. The molecular weight excluding hydrogens is 450 g/mol. The van der Waals surface area contributed by atoms with Gasteiger partial charge in [-0.15, -0.1) is 0 Å². The number of fused-ring (bicyclic) bond motifs is 1. The third-order valence-electron chi connectivity index (χ3n) is 4.90. The third-order valence-corrected chi connectivity index (χ3v) is 5.14. The summed E-state index contributed by atoms with van der Waals surface area (Å²) in [6.07, 6.45) is 0.640. The van der Waals surface area contributed by atoms with Crippen molar-refractivity contribution in [3.8, 4) is 0 Å². The smallest absolute Gasteiger partial charge is 0.270 e. The van der Waals surface area contributed by atoms with E-state index in [1.807, 2.05) is 6.92 Å². The quantitative estimate of drug-likeness (QED) is 0.382. The Morgan fingerprint density at radius 3 is 2.73 bits per heavy atom. The van der Waals surface area contributed by atoms with E-state index in [2.05, 4.69) is 15.3 Å². The molecule has 2 aromatic carbocycles. The maximum atomic E-state index is 13.0. The van der Waals surface area contributed by atoms with Gasteiger partial charge in [-0.1, -0.05) is 24.6 Å². The van der Waals surface area contributed by atoms with E-state index in [1.54, 1.807) is 18.2 Å². The number of aromatic amines is 1. The maximum Gasteiger partial charge on any atom is 0.270 e. The summed E-state index contributed by atoms with van der Waals surface area (Å²) in [6, 6.07) is 9.08. The van der Waals surface area contributed by atoms with E-state index in [0.717, 1.165) is 6.07 Å². The zero-order valence-corrected chi connectivity index (χ0v) is 18.8. The first-order chi connectivity index (χ1) is 15.7. The van der Waals surface area contributed by atoms with Crippen LogP contribution in [0.15, 0.2) is 47.3 Å². The van der Waals surface area contributed by atoms with Crippen molar-refractivity contribution in [3.05, 3.63) is 79.3 Å². The molecule has 0 fully saturated rings. The minimum absolute atomic E-state index is 0.0292. The lowest BCUT2D eigenvalue weighted by Gasteiger charge is -2.25. The molecule has 0 bridgehead atoms. The predicted molar refractivity (Wildman–Crippen MR) is 123 cm³/mol. The lowest BCUT2D eigenvalue weighted by molar-refractivity contribution is -0.384. The molecule has 33 heavy (non-hydrogen) atoms. The van der Waals surface area contributed by atoms with Crippen LogP contribution in [0, 0.1) is 10.1 Å². The molecule has 2 N–H and O–H groups in total. The number of nitrogens with zero attached hydrogens (tertiary/aromatic N) is 3. The van der Waals surface area contributed by atoms with E-state index in [1.165, 1.54) is 30.0 Å². The number of hydrogen-bond donors (Lipinski definition) is 2. The Hall–Kier alpha value is -3.79. The van der Waals surface area contributed by atoms with Crippen molar-refractivity contribution in [2.45, 2.75) is 32.9 Å². The SMILES string of the molecule is CCCN(Cc1nc2cc(Cl)ccc2c(=O)[nH]1)C(=O)C(C)NC(=O)c1cccc([N+](=O)[O-])c1. The summed E-state index contributed by atoms with van der Waals surface area (Å²) in [5.41, 5.74) is -0.0799. The number of non-ortho nitro benzene ring substituents is 1. The monoisotopic (exact) mass is 471 g/mol. The molecule has 10 nitrogen and oxygen atoms in total. The Balaban J connectivity index is 1.77. The van der Waals surface area contributed by atoms with Crippen molar-refractivity contribution >= 4 is 40.0 Å². The van der Waals surface area contributed by atoms with Crippen LogP contribution in [0.5, 0.6) is 0 Å². The molecule has 3 aromatic rings. The van der Waals surface area contributed by atoms with Crippen LogP contribution in [0.2, 0.25) is 5.02 Å². The van der Waals surface area contributed by atoms with Crippen molar-refractivity contribution < 1.29 is 14.5 Å². The Labute approximate surface area is 193 Å². The van der Waals surface area contributed by atoms with Crippen molar-refractivity contribution in [1.29, 1.82) is 0 Å². The van der Waals surface area contributed by atoms with Crippen molar-refractivity contribution in [3.63, 3.8) is 0 Å². The third kappa shape index (κ3) is 5.72. The van der Waals surface area contributed by atoms with Crippen molar-refractivity contribution in [2.24, 2.45) is 0 Å². The van der Waals surface area contributed by atoms with Crippen LogP contribution in [-0.2, 0) is 11.3 Å². The van der Waals surface area contributed by atoms with Gasteiger partial charge in [0.1, 0.15) is 11.9 Å². The number of nitrogens with one attached hydrogen (secondary N) is 2. The number of benzene rings is 2. The van der Waals surface area contributed by atoms with Crippen molar-refractivity contribution in [1.82, 2.24) is 20.2 Å². The number of halogens is 1. The lowest BCUT2D eigenvalue weighted by atomic mass is 10.1. The molecule has 0 saturated carbocycles. The first-order valence-electron chi connectivity index (χ1n) is 10.2. The molecule has 1 atom stereocenters. The molecule has 172 valence electrons. The molecule has 0 aliphatic rings. The summed E-state index contributed by atoms with van der Waals surface area (Å²) in [5.74, 6) is -0.707. The molecule has 1 aromatic heterocycles. The van der Waals surface area contributed by atoms with Gasteiger partial charge in [-0.25, -0.2) is 4.98 Å². The summed E-state index contributed by atoms with van der Waals surface area (Å²) < 4.78 is 0. The van der Waals surface area contributed by atoms with Crippen LogP contribution in [0.3, 0.4) is 0 Å². The molecule has 1 unspecified atom stereocenters. The van der Waals surface area contributed by atoms with Crippen LogP contribution in [0.4, 0.5) is 5.69 Å². The molecule has 2 amide bonds. The predicted octanol–water partition coefficient (Wildman–Crippen LogP) is 3.04. The first kappa shape index (κ1) is 23.9. The number of nitro benzene ring substituents is 1. The largest absolute Gasteiger partial charge is 0.341 e. The van der Waals surface area contributed by atoms with E-state index in [0.29, 0.717) is 28.9 Å². The molecule has 0 radical (unpaired) electrons. The second kappa shape index (κ2) is 10.2. The molecular formula is C22H22ClN5O5. The van der Waals surface area contributed by atoms with Crippen LogP contribution in [0.1, 0.15) is 36.5 Å². The molecule has 1 heterocycles. The summed E-state index contributed by atoms with van der Waals surface area (Å²) in [5, 5.41) is 14.3. The standard InChI is InChI=1S/C22H22ClN5O5/c1-3-9-27(12-19-25-18-11-15(23)7-8-17(18)21(30)26-19)22(31)13(2)24-20(29)14-5-4-6-16(10-14)28(32)33/h4-8,10-11,13H,3,9,12H2,1-2H3,(H,24,29)(H,25,26,30). The van der Waals surface area contributed by atoms with Gasteiger partial charge in [-0.3, -0.25) is 24.5 Å². The molecule has 0 aliphatic carbocycles. The molecule has 11 heteroatoms. The fourth-order valence-corrected chi connectivity index (χ4v) is 3.50. The van der Waals surface area contributed by atoms with Gasteiger partial charge in [-0.2, -0.15) is 0 Å². The van der Waals surface area contributed by atoms with Gasteiger partial charge in [0, 0.05) is 29.3 Å². The molecule has 0 spiro atoms.